The first-order chi connectivity index (χ1) is 9.33. The summed E-state index contributed by atoms with van der Waals surface area (Å²) >= 11 is 1.81. The fourth-order valence-corrected chi connectivity index (χ4v) is 3.48. The fraction of sp³-hybridized carbons (Fsp3) is 0.786. The van der Waals surface area contributed by atoms with E-state index in [1.807, 2.05) is 17.5 Å². The van der Waals surface area contributed by atoms with Crippen LogP contribution in [0.4, 0.5) is 5.13 Å². The zero-order chi connectivity index (χ0) is 13.5. The number of thiazole rings is 1. The molecule has 0 saturated carbocycles. The Balaban J connectivity index is 1.68. The molecule has 1 aromatic rings. The minimum absolute atomic E-state index is 0.951. The Labute approximate surface area is 120 Å². The quantitative estimate of drug-likeness (QED) is 0.741. The van der Waals surface area contributed by atoms with E-state index in [9.17, 15) is 0 Å². The SMILES string of the molecule is CCN(CC)c1ncc(CNCCN2CCCC2)s1. The smallest absolute Gasteiger partial charge is 0.185 e. The highest BCUT2D eigenvalue weighted by molar-refractivity contribution is 7.15. The van der Waals surface area contributed by atoms with Crippen molar-refractivity contribution in [2.75, 3.05) is 44.2 Å². The largest absolute Gasteiger partial charge is 0.349 e. The highest BCUT2D eigenvalue weighted by Crippen LogP contribution is 2.21. The maximum atomic E-state index is 4.51. The van der Waals surface area contributed by atoms with Crippen LogP contribution in [0.15, 0.2) is 6.20 Å². The van der Waals surface area contributed by atoms with Crippen molar-refractivity contribution in [2.24, 2.45) is 0 Å². The molecule has 0 atom stereocenters. The highest BCUT2D eigenvalue weighted by Gasteiger charge is 2.10. The molecule has 0 aliphatic carbocycles. The normalized spacial score (nSPS) is 16.1. The van der Waals surface area contributed by atoms with Gasteiger partial charge >= 0.3 is 0 Å². The van der Waals surface area contributed by atoms with Gasteiger partial charge in [-0.05, 0) is 39.8 Å². The van der Waals surface area contributed by atoms with E-state index in [4.69, 9.17) is 0 Å². The van der Waals surface area contributed by atoms with E-state index < -0.39 is 0 Å². The van der Waals surface area contributed by atoms with Crippen LogP contribution >= 0.6 is 11.3 Å². The summed E-state index contributed by atoms with van der Waals surface area (Å²) in [7, 11) is 0. The van der Waals surface area contributed by atoms with Gasteiger partial charge < -0.3 is 15.1 Å². The van der Waals surface area contributed by atoms with Crippen LogP contribution < -0.4 is 10.2 Å². The van der Waals surface area contributed by atoms with Crippen molar-refractivity contribution in [2.45, 2.75) is 33.2 Å². The van der Waals surface area contributed by atoms with Gasteiger partial charge in [0.25, 0.3) is 0 Å². The Morgan fingerprint density at radius 3 is 2.74 bits per heavy atom. The molecule has 5 heteroatoms. The molecule has 19 heavy (non-hydrogen) atoms. The maximum Gasteiger partial charge on any atom is 0.185 e. The molecular formula is C14H26N4S. The van der Waals surface area contributed by atoms with Crippen molar-refractivity contribution < 1.29 is 0 Å². The molecule has 1 saturated heterocycles. The minimum atomic E-state index is 0.951. The van der Waals surface area contributed by atoms with Crippen molar-refractivity contribution in [3.05, 3.63) is 11.1 Å². The van der Waals surface area contributed by atoms with Gasteiger partial charge in [0.15, 0.2) is 5.13 Å². The monoisotopic (exact) mass is 282 g/mol. The van der Waals surface area contributed by atoms with Gasteiger partial charge in [-0.25, -0.2) is 4.98 Å². The number of aromatic nitrogens is 1. The summed E-state index contributed by atoms with van der Waals surface area (Å²) in [6.45, 7) is 12.2. The second-order valence-corrected chi connectivity index (χ2v) is 6.10. The molecule has 1 aliphatic heterocycles. The molecule has 2 heterocycles. The molecule has 0 bridgehead atoms. The predicted octanol–water partition coefficient (Wildman–Crippen LogP) is 2.17. The van der Waals surface area contributed by atoms with Gasteiger partial charge in [-0.2, -0.15) is 0 Å². The van der Waals surface area contributed by atoms with Crippen LogP contribution in [-0.4, -0.2) is 49.2 Å². The molecule has 1 aromatic heterocycles. The lowest BCUT2D eigenvalue weighted by molar-refractivity contribution is 0.336. The van der Waals surface area contributed by atoms with E-state index in [0.717, 1.165) is 31.3 Å². The first-order valence-corrected chi connectivity index (χ1v) is 8.27. The van der Waals surface area contributed by atoms with Crippen LogP contribution in [0.1, 0.15) is 31.6 Å². The summed E-state index contributed by atoms with van der Waals surface area (Å²) in [6.07, 6.45) is 4.77. The van der Waals surface area contributed by atoms with Crippen molar-refractivity contribution in [3.63, 3.8) is 0 Å². The molecule has 0 amide bonds. The van der Waals surface area contributed by atoms with Crippen LogP contribution in [0.5, 0.6) is 0 Å². The number of anilines is 1. The fourth-order valence-electron chi connectivity index (χ4n) is 2.47. The highest BCUT2D eigenvalue weighted by atomic mass is 32.1. The molecule has 2 rings (SSSR count). The van der Waals surface area contributed by atoms with Crippen molar-refractivity contribution in [3.8, 4) is 0 Å². The van der Waals surface area contributed by atoms with E-state index in [0.29, 0.717) is 0 Å². The average Bonchev–Trinajstić information content (AvgIpc) is 3.08. The Bertz CT molecular complexity index is 356. The Morgan fingerprint density at radius 1 is 1.32 bits per heavy atom. The van der Waals surface area contributed by atoms with Gasteiger partial charge in [0.2, 0.25) is 0 Å². The number of likely N-dealkylation sites (tertiary alicyclic amines) is 1. The maximum absolute atomic E-state index is 4.51. The number of hydrogen-bond acceptors (Lipinski definition) is 5. The number of hydrogen-bond donors (Lipinski definition) is 1. The van der Waals surface area contributed by atoms with Crippen LogP contribution in [-0.2, 0) is 6.54 Å². The molecule has 108 valence electrons. The lowest BCUT2D eigenvalue weighted by Gasteiger charge is -2.16. The van der Waals surface area contributed by atoms with Crippen molar-refractivity contribution in [1.29, 1.82) is 0 Å². The van der Waals surface area contributed by atoms with Crippen molar-refractivity contribution >= 4 is 16.5 Å². The third-order valence-electron chi connectivity index (χ3n) is 3.68. The number of rotatable bonds is 8. The number of nitrogens with one attached hydrogen (secondary N) is 1. The van der Waals surface area contributed by atoms with E-state index in [1.165, 1.54) is 37.4 Å². The molecule has 0 radical (unpaired) electrons. The molecule has 0 spiro atoms. The summed E-state index contributed by atoms with van der Waals surface area (Å²) in [5.41, 5.74) is 0. The minimum Gasteiger partial charge on any atom is -0.349 e. The summed E-state index contributed by atoms with van der Waals surface area (Å²) in [4.78, 5) is 10.7. The van der Waals surface area contributed by atoms with Gasteiger partial charge in [0.05, 0.1) is 0 Å². The summed E-state index contributed by atoms with van der Waals surface area (Å²) < 4.78 is 0. The number of nitrogens with zero attached hydrogens (tertiary/aromatic N) is 3. The lowest BCUT2D eigenvalue weighted by Crippen LogP contribution is -2.29. The zero-order valence-electron chi connectivity index (χ0n) is 12.2. The zero-order valence-corrected chi connectivity index (χ0v) is 13.0. The van der Waals surface area contributed by atoms with E-state index in [-0.39, 0.29) is 0 Å². The molecule has 0 aromatic carbocycles. The Kier molecular flexibility index (Phi) is 6.07. The van der Waals surface area contributed by atoms with E-state index in [2.05, 4.69) is 33.9 Å². The first-order valence-electron chi connectivity index (χ1n) is 7.46. The third-order valence-corrected chi connectivity index (χ3v) is 4.74. The van der Waals surface area contributed by atoms with Crippen LogP contribution in [0, 0.1) is 0 Å². The molecule has 1 fully saturated rings. The summed E-state index contributed by atoms with van der Waals surface area (Å²) in [5.74, 6) is 0. The molecular weight excluding hydrogens is 256 g/mol. The molecule has 4 nitrogen and oxygen atoms in total. The molecule has 0 unspecified atom stereocenters. The van der Waals surface area contributed by atoms with Crippen molar-refractivity contribution in [1.82, 2.24) is 15.2 Å². The summed E-state index contributed by atoms with van der Waals surface area (Å²) in [5, 5.41) is 4.68. The van der Waals surface area contributed by atoms with Gasteiger partial charge in [0, 0.05) is 43.8 Å². The van der Waals surface area contributed by atoms with Gasteiger partial charge in [0.1, 0.15) is 0 Å². The third kappa shape index (κ3) is 4.44. The van der Waals surface area contributed by atoms with Gasteiger partial charge in [-0.15, -0.1) is 11.3 Å². The molecule has 1 aliphatic rings. The first kappa shape index (κ1) is 14.8. The van der Waals surface area contributed by atoms with Crippen LogP contribution in [0.2, 0.25) is 0 Å². The van der Waals surface area contributed by atoms with E-state index in [1.54, 1.807) is 0 Å². The second-order valence-electron chi connectivity index (χ2n) is 5.01. The van der Waals surface area contributed by atoms with Gasteiger partial charge in [-0.1, -0.05) is 0 Å². The topological polar surface area (TPSA) is 31.4 Å². The lowest BCUT2D eigenvalue weighted by atomic mass is 10.4. The van der Waals surface area contributed by atoms with Crippen LogP contribution in [0.3, 0.4) is 0 Å². The van der Waals surface area contributed by atoms with Crippen LogP contribution in [0.25, 0.3) is 0 Å². The Hall–Kier alpha value is -0.650. The Morgan fingerprint density at radius 2 is 2.05 bits per heavy atom. The second kappa shape index (κ2) is 7.82. The average molecular weight is 282 g/mol. The summed E-state index contributed by atoms with van der Waals surface area (Å²) in [6, 6.07) is 0. The standard InChI is InChI=1S/C14H26N4S/c1-3-18(4-2)14-16-12-13(19-14)11-15-7-10-17-8-5-6-9-17/h12,15H,3-11H2,1-2H3. The molecule has 1 N–H and O–H groups in total. The van der Waals surface area contributed by atoms with Gasteiger partial charge in [-0.3, -0.25) is 0 Å². The predicted molar refractivity (Wildman–Crippen MR) is 83.1 cm³/mol. The van der Waals surface area contributed by atoms with E-state index >= 15 is 0 Å².